The van der Waals surface area contributed by atoms with E-state index in [2.05, 4.69) is 19.1 Å². The smallest absolute Gasteiger partial charge is 0.335 e. The summed E-state index contributed by atoms with van der Waals surface area (Å²) in [6.45, 7) is 3.56. The highest BCUT2D eigenvalue weighted by molar-refractivity contribution is 5.87. The second-order valence-corrected chi connectivity index (χ2v) is 6.64. The Morgan fingerprint density at radius 1 is 1.08 bits per heavy atom. The molecule has 0 spiro atoms. The summed E-state index contributed by atoms with van der Waals surface area (Å²) in [5.41, 5.74) is 2.62. The molecule has 4 nitrogen and oxygen atoms in total. The molecule has 1 unspecified atom stereocenters. The molecule has 1 N–H and O–H groups in total. The van der Waals surface area contributed by atoms with Gasteiger partial charge in [-0.1, -0.05) is 49.4 Å². The molecule has 4 heteroatoms. The number of carbonyl (C=O) groups is 2. The van der Waals surface area contributed by atoms with Gasteiger partial charge in [-0.15, -0.1) is 0 Å². The molecule has 1 saturated heterocycles. The zero-order valence-corrected chi connectivity index (χ0v) is 14.4. The summed E-state index contributed by atoms with van der Waals surface area (Å²) < 4.78 is 0. The van der Waals surface area contributed by atoms with Crippen molar-refractivity contribution < 1.29 is 14.7 Å². The molecule has 1 fully saturated rings. The van der Waals surface area contributed by atoms with Crippen LogP contribution in [0.15, 0.2) is 54.6 Å². The molecule has 0 aliphatic carbocycles. The number of amides is 1. The Morgan fingerprint density at radius 3 is 2.28 bits per heavy atom. The van der Waals surface area contributed by atoms with E-state index in [4.69, 9.17) is 5.11 Å². The van der Waals surface area contributed by atoms with Crippen molar-refractivity contribution in [2.45, 2.75) is 31.6 Å². The van der Waals surface area contributed by atoms with E-state index in [0.717, 1.165) is 25.1 Å². The Kier molecular flexibility index (Phi) is 5.17. The van der Waals surface area contributed by atoms with E-state index < -0.39 is 5.97 Å². The van der Waals surface area contributed by atoms with Crippen LogP contribution >= 0.6 is 0 Å². The van der Waals surface area contributed by atoms with E-state index in [-0.39, 0.29) is 11.8 Å². The molecule has 0 aromatic heterocycles. The maximum Gasteiger partial charge on any atom is 0.335 e. The number of carboxylic acid groups (broad SMARTS) is 1. The fourth-order valence-corrected chi connectivity index (χ4v) is 3.35. The highest BCUT2D eigenvalue weighted by Crippen LogP contribution is 2.30. The molecule has 25 heavy (non-hydrogen) atoms. The minimum atomic E-state index is -0.913. The van der Waals surface area contributed by atoms with Crippen LogP contribution in [0.5, 0.6) is 0 Å². The Hall–Kier alpha value is -2.62. The van der Waals surface area contributed by atoms with Crippen LogP contribution in [0.4, 0.5) is 0 Å². The largest absolute Gasteiger partial charge is 0.478 e. The molecule has 0 saturated carbocycles. The first-order valence-electron chi connectivity index (χ1n) is 8.74. The second-order valence-electron chi connectivity index (χ2n) is 6.64. The zero-order chi connectivity index (χ0) is 17.8. The van der Waals surface area contributed by atoms with Crippen molar-refractivity contribution in [2.75, 3.05) is 13.1 Å². The van der Waals surface area contributed by atoms with Gasteiger partial charge in [0.15, 0.2) is 0 Å². The van der Waals surface area contributed by atoms with Crippen molar-refractivity contribution in [3.05, 3.63) is 71.3 Å². The van der Waals surface area contributed by atoms with Crippen LogP contribution in [-0.2, 0) is 4.79 Å². The van der Waals surface area contributed by atoms with Crippen LogP contribution in [0.3, 0.4) is 0 Å². The number of hydrogen-bond acceptors (Lipinski definition) is 2. The zero-order valence-electron chi connectivity index (χ0n) is 14.4. The van der Waals surface area contributed by atoms with E-state index in [9.17, 15) is 9.59 Å². The standard InChI is InChI=1S/C21H23NO3/c1-2-15(16-6-4-3-5-7-16)12-20(23)22-13-19(14-22)17-8-10-18(11-9-17)21(24)25/h3-11,15,19H,2,12-14H2,1H3,(H,24,25). The molecule has 2 aromatic rings. The molecule has 1 heterocycles. The van der Waals surface area contributed by atoms with Gasteiger partial charge in [0.25, 0.3) is 0 Å². The predicted molar refractivity (Wildman–Crippen MR) is 96.8 cm³/mol. The third kappa shape index (κ3) is 3.90. The lowest BCUT2D eigenvalue weighted by molar-refractivity contribution is -0.136. The van der Waals surface area contributed by atoms with Crippen molar-refractivity contribution in [3.63, 3.8) is 0 Å². The summed E-state index contributed by atoms with van der Waals surface area (Å²) in [4.78, 5) is 25.3. The number of hydrogen-bond donors (Lipinski definition) is 1. The first-order valence-corrected chi connectivity index (χ1v) is 8.74. The van der Waals surface area contributed by atoms with E-state index in [1.165, 1.54) is 5.56 Å². The van der Waals surface area contributed by atoms with Gasteiger partial charge < -0.3 is 10.0 Å². The number of benzene rings is 2. The number of aromatic carboxylic acids is 1. The number of carboxylic acids is 1. The van der Waals surface area contributed by atoms with Crippen molar-refractivity contribution >= 4 is 11.9 Å². The summed E-state index contributed by atoms with van der Waals surface area (Å²) in [5, 5.41) is 8.95. The molecule has 1 aliphatic heterocycles. The normalized spacial score (nSPS) is 15.5. The van der Waals surface area contributed by atoms with Gasteiger partial charge in [0.2, 0.25) is 5.91 Å². The first-order chi connectivity index (χ1) is 12.1. The van der Waals surface area contributed by atoms with Crippen LogP contribution in [0.2, 0.25) is 0 Å². The van der Waals surface area contributed by atoms with Crippen molar-refractivity contribution in [2.24, 2.45) is 0 Å². The fraction of sp³-hybridized carbons (Fsp3) is 0.333. The van der Waals surface area contributed by atoms with Gasteiger partial charge >= 0.3 is 5.97 Å². The SMILES string of the molecule is CCC(CC(=O)N1CC(c2ccc(C(=O)O)cc2)C1)c1ccccc1. The van der Waals surface area contributed by atoms with Gasteiger partial charge in [-0.05, 0) is 35.6 Å². The summed E-state index contributed by atoms with van der Waals surface area (Å²) in [6, 6.07) is 17.2. The number of carbonyl (C=O) groups excluding carboxylic acids is 1. The van der Waals surface area contributed by atoms with Gasteiger partial charge in [0, 0.05) is 25.4 Å². The number of likely N-dealkylation sites (tertiary alicyclic amines) is 1. The molecule has 1 amide bonds. The monoisotopic (exact) mass is 337 g/mol. The van der Waals surface area contributed by atoms with Crippen molar-refractivity contribution in [1.82, 2.24) is 4.90 Å². The average molecular weight is 337 g/mol. The summed E-state index contributed by atoms with van der Waals surface area (Å²) in [6.07, 6.45) is 1.49. The average Bonchev–Trinajstić information content (AvgIpc) is 2.59. The van der Waals surface area contributed by atoms with Crippen LogP contribution in [-0.4, -0.2) is 35.0 Å². The Balaban J connectivity index is 1.55. The molecule has 1 atom stereocenters. The molecule has 130 valence electrons. The molecule has 1 aliphatic rings. The summed E-state index contributed by atoms with van der Waals surface area (Å²) >= 11 is 0. The third-order valence-corrected chi connectivity index (χ3v) is 5.05. The second kappa shape index (κ2) is 7.51. The molecular weight excluding hydrogens is 314 g/mol. The van der Waals surface area contributed by atoms with Crippen LogP contribution in [0.25, 0.3) is 0 Å². The van der Waals surface area contributed by atoms with Gasteiger partial charge in [-0.2, -0.15) is 0 Å². The lowest BCUT2D eigenvalue weighted by Crippen LogP contribution is -2.48. The van der Waals surface area contributed by atoms with Crippen molar-refractivity contribution in [1.29, 1.82) is 0 Å². The Bertz CT molecular complexity index is 733. The molecule has 0 radical (unpaired) electrons. The van der Waals surface area contributed by atoms with Gasteiger partial charge in [0.05, 0.1) is 5.56 Å². The van der Waals surface area contributed by atoms with E-state index in [1.54, 1.807) is 12.1 Å². The predicted octanol–water partition coefficient (Wildman–Crippen LogP) is 3.89. The number of rotatable bonds is 6. The van der Waals surface area contributed by atoms with Crippen LogP contribution in [0, 0.1) is 0 Å². The van der Waals surface area contributed by atoms with E-state index in [1.807, 2.05) is 35.2 Å². The summed E-state index contributed by atoms with van der Waals surface area (Å²) in [5.74, 6) is -0.135. The van der Waals surface area contributed by atoms with Gasteiger partial charge in [-0.25, -0.2) is 4.79 Å². The minimum absolute atomic E-state index is 0.203. The lowest BCUT2D eigenvalue weighted by atomic mass is 9.88. The Morgan fingerprint density at radius 2 is 1.72 bits per heavy atom. The maximum absolute atomic E-state index is 12.5. The van der Waals surface area contributed by atoms with Crippen molar-refractivity contribution in [3.8, 4) is 0 Å². The van der Waals surface area contributed by atoms with Gasteiger partial charge in [0.1, 0.15) is 0 Å². The van der Waals surface area contributed by atoms with Crippen LogP contribution < -0.4 is 0 Å². The quantitative estimate of drug-likeness (QED) is 0.870. The summed E-state index contributed by atoms with van der Waals surface area (Å²) in [7, 11) is 0. The molecular formula is C21H23NO3. The third-order valence-electron chi connectivity index (χ3n) is 5.05. The molecule has 3 rings (SSSR count). The van der Waals surface area contributed by atoms with E-state index >= 15 is 0 Å². The first kappa shape index (κ1) is 17.2. The highest BCUT2D eigenvalue weighted by atomic mass is 16.4. The van der Waals surface area contributed by atoms with Crippen LogP contribution in [0.1, 0.15) is 53.1 Å². The fourth-order valence-electron chi connectivity index (χ4n) is 3.35. The minimum Gasteiger partial charge on any atom is -0.478 e. The lowest BCUT2D eigenvalue weighted by Gasteiger charge is -2.40. The molecule has 2 aromatic carbocycles. The molecule has 0 bridgehead atoms. The number of nitrogens with zero attached hydrogens (tertiary/aromatic N) is 1. The van der Waals surface area contributed by atoms with E-state index in [0.29, 0.717) is 17.9 Å². The highest BCUT2D eigenvalue weighted by Gasteiger charge is 2.32. The Labute approximate surface area is 148 Å². The van der Waals surface area contributed by atoms with Gasteiger partial charge in [-0.3, -0.25) is 4.79 Å². The topological polar surface area (TPSA) is 57.6 Å². The maximum atomic E-state index is 12.5.